The molecule has 0 saturated heterocycles. The van der Waals surface area contributed by atoms with Gasteiger partial charge in [-0.25, -0.2) is 16.5 Å². The van der Waals surface area contributed by atoms with Gasteiger partial charge in [-0.3, -0.25) is 0 Å². The average molecular weight is 345 g/mol. The Morgan fingerprint density at radius 2 is 0.750 bits per heavy atom. The first kappa shape index (κ1) is 25.4. The lowest BCUT2D eigenvalue weighted by Crippen LogP contribution is -2.46. The van der Waals surface area contributed by atoms with Gasteiger partial charge in [0.1, 0.15) is 0 Å². The van der Waals surface area contributed by atoms with Crippen LogP contribution in [-0.2, 0) is 0 Å². The summed E-state index contributed by atoms with van der Waals surface area (Å²) in [6.07, 6.45) is 23.4. The Hall–Kier alpha value is -0.810. The normalized spacial score (nSPS) is 10.2. The molecule has 5 heteroatoms. The van der Waals surface area contributed by atoms with Crippen molar-refractivity contribution >= 4 is 6.03 Å². The topological polar surface area (TPSA) is 98.4 Å². The summed E-state index contributed by atoms with van der Waals surface area (Å²) in [5.41, 5.74) is 4.47. The van der Waals surface area contributed by atoms with Crippen LogP contribution < -0.4 is 17.4 Å². The number of unbranched alkanes of at least 4 members (excludes halogenated alkanes) is 15. The lowest BCUT2D eigenvalue weighted by atomic mass is 10.0. The summed E-state index contributed by atoms with van der Waals surface area (Å²) in [6, 6.07) is -0.852. The molecule has 0 aliphatic carbocycles. The number of urea groups is 1. The van der Waals surface area contributed by atoms with E-state index in [9.17, 15) is 4.79 Å². The minimum atomic E-state index is -0.852. The fourth-order valence-corrected chi connectivity index (χ4v) is 2.62. The van der Waals surface area contributed by atoms with E-state index in [4.69, 9.17) is 0 Å². The Kier molecular flexibility index (Phi) is 23.5. The number of hydrazine groups is 2. The minimum absolute atomic E-state index is 0.306. The fraction of sp³-hybridized carbons (Fsp3) is 0.947. The van der Waals surface area contributed by atoms with Gasteiger partial charge in [0.2, 0.25) is 0 Å². The summed E-state index contributed by atoms with van der Waals surface area (Å²) in [6.45, 7) is 4.59. The highest BCUT2D eigenvalue weighted by Crippen LogP contribution is 2.13. The zero-order valence-corrected chi connectivity index (χ0v) is 16.4. The van der Waals surface area contributed by atoms with E-state index in [0.717, 1.165) is 0 Å². The van der Waals surface area contributed by atoms with Crippen LogP contribution in [0.5, 0.6) is 0 Å². The Bertz CT molecular complexity index is 232. The molecule has 0 radical (unpaired) electrons. The third kappa shape index (κ3) is 26.1. The second kappa shape index (κ2) is 22.2. The molecule has 24 heavy (non-hydrogen) atoms. The van der Waals surface area contributed by atoms with E-state index in [1.165, 1.54) is 103 Å². The largest absolute Gasteiger partial charge is 0.349 e. The van der Waals surface area contributed by atoms with E-state index in [0.29, 0.717) is 5.12 Å². The van der Waals surface area contributed by atoms with E-state index in [1.807, 2.05) is 0 Å². The van der Waals surface area contributed by atoms with Crippen LogP contribution in [0.3, 0.4) is 0 Å². The third-order valence-corrected chi connectivity index (χ3v) is 4.21. The molecule has 5 nitrogen and oxygen atoms in total. The summed E-state index contributed by atoms with van der Waals surface area (Å²) in [7, 11) is 0. The number of carbonyl (C=O) groups is 1. The lowest BCUT2D eigenvalue weighted by Gasteiger charge is -2.03. The van der Waals surface area contributed by atoms with Crippen LogP contribution in [0.15, 0.2) is 0 Å². The Morgan fingerprint density at radius 3 is 0.875 bits per heavy atom. The molecule has 146 valence electrons. The molecule has 0 aromatic rings. The number of hydrogen-bond acceptors (Lipinski definition) is 3. The van der Waals surface area contributed by atoms with Crippen LogP contribution in [0.25, 0.3) is 0 Å². The van der Waals surface area contributed by atoms with Gasteiger partial charge in [-0.05, 0) is 0 Å². The molecule has 0 fully saturated rings. The Balaban J connectivity index is 0. The summed E-state index contributed by atoms with van der Waals surface area (Å²) in [5, 5.41) is 0.306. The zero-order valence-electron chi connectivity index (χ0n) is 16.4. The first-order valence-corrected chi connectivity index (χ1v) is 10.1. The molecular formula is C19H44N4O. The molecular weight excluding hydrogens is 300 g/mol. The number of rotatable bonds is 15. The van der Waals surface area contributed by atoms with Crippen LogP contribution in [0, 0.1) is 0 Å². The SMILES string of the molecule is CCCCCCCCCCCCCCCCCC.NC(=O)N(N)N. The van der Waals surface area contributed by atoms with Crippen molar-refractivity contribution in [1.82, 2.24) is 5.12 Å². The highest BCUT2D eigenvalue weighted by molar-refractivity contribution is 5.70. The van der Waals surface area contributed by atoms with Gasteiger partial charge < -0.3 is 5.73 Å². The lowest BCUT2D eigenvalue weighted by molar-refractivity contribution is 0.210. The molecule has 0 rings (SSSR count). The Labute approximate surface area is 150 Å². The van der Waals surface area contributed by atoms with Crippen LogP contribution in [0.1, 0.15) is 117 Å². The van der Waals surface area contributed by atoms with Gasteiger partial charge in [0, 0.05) is 0 Å². The first-order valence-electron chi connectivity index (χ1n) is 10.1. The predicted molar refractivity (Wildman–Crippen MR) is 105 cm³/mol. The van der Waals surface area contributed by atoms with E-state index in [2.05, 4.69) is 31.3 Å². The number of amides is 2. The van der Waals surface area contributed by atoms with Crippen LogP contribution in [-0.4, -0.2) is 11.1 Å². The number of nitrogens with zero attached hydrogens (tertiary/aromatic N) is 1. The van der Waals surface area contributed by atoms with Crippen molar-refractivity contribution in [3.63, 3.8) is 0 Å². The number of nitrogens with two attached hydrogens (primary N) is 3. The average Bonchev–Trinajstić information content (AvgIpc) is 2.55. The van der Waals surface area contributed by atoms with E-state index >= 15 is 0 Å². The van der Waals surface area contributed by atoms with Gasteiger partial charge in [-0.1, -0.05) is 117 Å². The molecule has 0 aromatic carbocycles. The third-order valence-electron chi connectivity index (χ3n) is 4.21. The molecule has 0 atom stereocenters. The minimum Gasteiger partial charge on any atom is -0.349 e. The molecule has 0 aliphatic rings. The van der Waals surface area contributed by atoms with Crippen LogP contribution >= 0.6 is 0 Å². The maximum atomic E-state index is 9.60. The molecule has 0 aromatic heterocycles. The maximum absolute atomic E-state index is 9.60. The number of hydrogen-bond donors (Lipinski definition) is 3. The van der Waals surface area contributed by atoms with Crippen molar-refractivity contribution in [2.24, 2.45) is 17.4 Å². The monoisotopic (exact) mass is 344 g/mol. The molecule has 2 amide bonds. The highest BCUT2D eigenvalue weighted by atomic mass is 16.2. The van der Waals surface area contributed by atoms with E-state index < -0.39 is 6.03 Å². The van der Waals surface area contributed by atoms with E-state index in [-0.39, 0.29) is 0 Å². The second-order valence-corrected chi connectivity index (χ2v) is 6.70. The van der Waals surface area contributed by atoms with E-state index in [1.54, 1.807) is 0 Å². The fourth-order valence-electron chi connectivity index (χ4n) is 2.62. The molecule has 0 unspecified atom stereocenters. The van der Waals surface area contributed by atoms with Crippen molar-refractivity contribution < 1.29 is 4.79 Å². The molecule has 0 bridgehead atoms. The van der Waals surface area contributed by atoms with Crippen molar-refractivity contribution in [2.45, 2.75) is 117 Å². The van der Waals surface area contributed by atoms with Crippen molar-refractivity contribution in [2.75, 3.05) is 0 Å². The summed E-state index contributed by atoms with van der Waals surface area (Å²) < 4.78 is 0. The van der Waals surface area contributed by atoms with Gasteiger partial charge in [0.15, 0.2) is 0 Å². The summed E-state index contributed by atoms with van der Waals surface area (Å²) in [5.74, 6) is 9.14. The highest BCUT2D eigenvalue weighted by Gasteiger charge is 1.93. The van der Waals surface area contributed by atoms with Gasteiger partial charge in [0.05, 0.1) is 0 Å². The van der Waals surface area contributed by atoms with Crippen molar-refractivity contribution in [3.8, 4) is 0 Å². The Morgan fingerprint density at radius 1 is 0.583 bits per heavy atom. The molecule has 0 heterocycles. The summed E-state index contributed by atoms with van der Waals surface area (Å²) in [4.78, 5) is 9.60. The maximum Gasteiger partial charge on any atom is 0.343 e. The standard InChI is InChI=1S/C18H38.CH6N4O/c1-3-5-7-9-11-13-15-17-18-16-14-12-10-8-6-4-2;2-1(6)5(3)4/h3-18H2,1-2H3;3-4H2,(H2,2,6). The molecule has 0 spiro atoms. The molecule has 0 saturated carbocycles. The van der Waals surface area contributed by atoms with Crippen LogP contribution in [0.2, 0.25) is 0 Å². The van der Waals surface area contributed by atoms with Crippen LogP contribution in [0.4, 0.5) is 4.79 Å². The van der Waals surface area contributed by atoms with Crippen molar-refractivity contribution in [3.05, 3.63) is 0 Å². The zero-order chi connectivity index (χ0) is 18.5. The van der Waals surface area contributed by atoms with Gasteiger partial charge in [0.25, 0.3) is 0 Å². The van der Waals surface area contributed by atoms with Crippen molar-refractivity contribution in [1.29, 1.82) is 0 Å². The predicted octanol–water partition coefficient (Wildman–Crippen LogP) is 5.38. The second-order valence-electron chi connectivity index (χ2n) is 6.70. The number of primary amides is 1. The van der Waals surface area contributed by atoms with Gasteiger partial charge in [-0.2, -0.15) is 5.12 Å². The molecule has 6 N–H and O–H groups in total. The molecule has 0 aliphatic heterocycles. The van der Waals surface area contributed by atoms with Gasteiger partial charge >= 0.3 is 6.03 Å². The van der Waals surface area contributed by atoms with Gasteiger partial charge in [-0.15, -0.1) is 0 Å². The quantitative estimate of drug-likeness (QED) is 0.161. The number of carbonyl (C=O) groups excluding carboxylic acids is 1. The first-order chi connectivity index (χ1) is 11.6. The summed E-state index contributed by atoms with van der Waals surface area (Å²) >= 11 is 0. The smallest absolute Gasteiger partial charge is 0.343 e.